The van der Waals surface area contributed by atoms with Crippen LogP contribution in [0.4, 0.5) is 5.69 Å². The molecular formula is C24H31NO3. The molecule has 0 saturated heterocycles. The molecule has 0 aliphatic carbocycles. The van der Waals surface area contributed by atoms with Crippen LogP contribution in [0.25, 0.3) is 0 Å². The van der Waals surface area contributed by atoms with E-state index in [0.29, 0.717) is 12.2 Å². The summed E-state index contributed by atoms with van der Waals surface area (Å²) < 4.78 is 5.36. The van der Waals surface area contributed by atoms with E-state index in [-0.39, 0.29) is 11.7 Å². The van der Waals surface area contributed by atoms with Gasteiger partial charge in [0.2, 0.25) is 0 Å². The number of carbonyl (C=O) groups is 1. The zero-order valence-electron chi connectivity index (χ0n) is 16.8. The van der Waals surface area contributed by atoms with Crippen LogP contribution < -0.4 is 0 Å². The van der Waals surface area contributed by atoms with Crippen molar-refractivity contribution >= 4 is 17.9 Å². The molecule has 0 aliphatic heterocycles. The first-order chi connectivity index (χ1) is 13.7. The van der Waals surface area contributed by atoms with E-state index in [1.54, 1.807) is 42.6 Å². The van der Waals surface area contributed by atoms with Crippen LogP contribution in [0.5, 0.6) is 5.75 Å². The van der Waals surface area contributed by atoms with Gasteiger partial charge in [-0.3, -0.25) is 4.99 Å². The number of benzene rings is 2. The Morgan fingerprint density at radius 3 is 2.14 bits per heavy atom. The molecule has 4 nitrogen and oxygen atoms in total. The second-order valence-corrected chi connectivity index (χ2v) is 7.01. The lowest BCUT2D eigenvalue weighted by Gasteiger charge is -2.05. The maximum atomic E-state index is 12.1. The Labute approximate surface area is 168 Å². The normalized spacial score (nSPS) is 11.0. The van der Waals surface area contributed by atoms with E-state index in [0.717, 1.165) is 24.1 Å². The molecule has 2 rings (SSSR count). The number of esters is 1. The van der Waals surface area contributed by atoms with Crippen molar-refractivity contribution in [2.45, 2.75) is 58.3 Å². The molecule has 0 amide bonds. The highest BCUT2D eigenvalue weighted by Gasteiger charge is 2.06. The van der Waals surface area contributed by atoms with Crippen LogP contribution in [-0.2, 0) is 4.74 Å². The van der Waals surface area contributed by atoms with Crippen molar-refractivity contribution in [3.63, 3.8) is 0 Å². The topological polar surface area (TPSA) is 58.9 Å². The summed E-state index contributed by atoms with van der Waals surface area (Å²) in [4.78, 5) is 16.4. The van der Waals surface area contributed by atoms with Crippen molar-refractivity contribution in [2.75, 3.05) is 6.61 Å². The van der Waals surface area contributed by atoms with Crippen LogP contribution in [0, 0.1) is 0 Å². The number of nitrogens with zero attached hydrogens (tertiary/aromatic N) is 1. The smallest absolute Gasteiger partial charge is 0.338 e. The standard InChI is InChI=1S/C24H31NO3/c1-2-3-4-5-6-7-8-9-18-28-24(27)21-12-10-20(11-13-21)19-25-22-14-16-23(26)17-15-22/h10-17,19,26H,2-9,18H2,1H3. The van der Waals surface area contributed by atoms with Crippen molar-refractivity contribution in [3.8, 4) is 5.75 Å². The third kappa shape index (κ3) is 8.38. The largest absolute Gasteiger partial charge is 0.508 e. The number of aliphatic imine (C=N–C) groups is 1. The lowest BCUT2D eigenvalue weighted by Crippen LogP contribution is -2.06. The van der Waals surface area contributed by atoms with Crippen LogP contribution in [0.1, 0.15) is 74.2 Å². The van der Waals surface area contributed by atoms with Gasteiger partial charge in [0.05, 0.1) is 17.9 Å². The summed E-state index contributed by atoms with van der Waals surface area (Å²) >= 11 is 0. The number of unbranched alkanes of at least 4 members (excludes halogenated alkanes) is 7. The van der Waals surface area contributed by atoms with Crippen LogP contribution in [0.2, 0.25) is 0 Å². The number of hydrogen-bond donors (Lipinski definition) is 1. The minimum absolute atomic E-state index is 0.216. The summed E-state index contributed by atoms with van der Waals surface area (Å²) in [5.41, 5.74) is 2.21. The molecular weight excluding hydrogens is 350 g/mol. The molecule has 0 atom stereocenters. The average Bonchev–Trinajstić information content (AvgIpc) is 2.72. The summed E-state index contributed by atoms with van der Waals surface area (Å²) in [6, 6.07) is 13.9. The Kier molecular flexibility index (Phi) is 9.84. The fourth-order valence-corrected chi connectivity index (χ4v) is 2.88. The second-order valence-electron chi connectivity index (χ2n) is 7.01. The van der Waals surface area contributed by atoms with Gasteiger partial charge in [-0.25, -0.2) is 4.79 Å². The van der Waals surface area contributed by atoms with Gasteiger partial charge < -0.3 is 9.84 Å². The number of carbonyl (C=O) groups excluding carboxylic acids is 1. The number of phenols is 1. The molecule has 1 N–H and O–H groups in total. The molecule has 0 radical (unpaired) electrons. The highest BCUT2D eigenvalue weighted by atomic mass is 16.5. The zero-order valence-corrected chi connectivity index (χ0v) is 16.8. The predicted octanol–water partition coefficient (Wildman–Crippen LogP) is 6.44. The number of rotatable bonds is 12. The van der Waals surface area contributed by atoms with Crippen LogP contribution in [0.3, 0.4) is 0 Å². The summed E-state index contributed by atoms with van der Waals surface area (Å²) in [5.74, 6) is -0.0567. The maximum absolute atomic E-state index is 12.1. The molecule has 28 heavy (non-hydrogen) atoms. The number of ether oxygens (including phenoxy) is 1. The van der Waals surface area contributed by atoms with Gasteiger partial charge >= 0.3 is 5.97 Å². The van der Waals surface area contributed by atoms with Gasteiger partial charge in [-0.2, -0.15) is 0 Å². The zero-order chi connectivity index (χ0) is 20.0. The Morgan fingerprint density at radius 1 is 0.893 bits per heavy atom. The average molecular weight is 382 g/mol. The quantitative estimate of drug-likeness (QED) is 0.261. The molecule has 2 aromatic carbocycles. The molecule has 0 saturated carbocycles. The predicted molar refractivity (Wildman–Crippen MR) is 115 cm³/mol. The molecule has 0 unspecified atom stereocenters. The van der Waals surface area contributed by atoms with Crippen LogP contribution in [0.15, 0.2) is 53.5 Å². The monoisotopic (exact) mass is 381 g/mol. The SMILES string of the molecule is CCCCCCCCCCOC(=O)c1ccc(C=Nc2ccc(O)cc2)cc1. The molecule has 0 bridgehead atoms. The van der Waals surface area contributed by atoms with Crippen molar-refractivity contribution in [3.05, 3.63) is 59.7 Å². The number of hydrogen-bond acceptors (Lipinski definition) is 4. The first-order valence-electron chi connectivity index (χ1n) is 10.3. The fourth-order valence-electron chi connectivity index (χ4n) is 2.88. The highest BCUT2D eigenvalue weighted by Crippen LogP contribution is 2.16. The summed E-state index contributed by atoms with van der Waals surface area (Å²) in [7, 11) is 0. The highest BCUT2D eigenvalue weighted by molar-refractivity contribution is 5.91. The Bertz CT molecular complexity index is 721. The molecule has 0 spiro atoms. The summed E-state index contributed by atoms with van der Waals surface area (Å²) in [6.07, 6.45) is 11.5. The van der Waals surface area contributed by atoms with Crippen LogP contribution >= 0.6 is 0 Å². The minimum Gasteiger partial charge on any atom is -0.508 e. The molecule has 0 aliphatic rings. The van der Waals surface area contributed by atoms with Gasteiger partial charge in [-0.05, 0) is 48.4 Å². The lowest BCUT2D eigenvalue weighted by atomic mass is 10.1. The third-order valence-corrected chi connectivity index (χ3v) is 4.59. The molecule has 150 valence electrons. The van der Waals surface area contributed by atoms with E-state index < -0.39 is 0 Å². The Morgan fingerprint density at radius 2 is 1.50 bits per heavy atom. The molecule has 0 heterocycles. The molecule has 0 aromatic heterocycles. The van der Waals surface area contributed by atoms with E-state index in [1.165, 1.54) is 38.5 Å². The van der Waals surface area contributed by atoms with Gasteiger partial charge in [0.25, 0.3) is 0 Å². The summed E-state index contributed by atoms with van der Waals surface area (Å²) in [5, 5.41) is 9.27. The van der Waals surface area contributed by atoms with E-state index in [1.807, 2.05) is 12.1 Å². The molecule has 2 aromatic rings. The number of phenolic OH excluding ortho intramolecular Hbond substituents is 1. The first-order valence-corrected chi connectivity index (χ1v) is 10.3. The number of aromatic hydroxyl groups is 1. The van der Waals surface area contributed by atoms with Gasteiger partial charge in [0.15, 0.2) is 0 Å². The van der Waals surface area contributed by atoms with E-state index in [4.69, 9.17) is 4.74 Å². The lowest BCUT2D eigenvalue weighted by molar-refractivity contribution is 0.0497. The van der Waals surface area contributed by atoms with Gasteiger partial charge in [-0.15, -0.1) is 0 Å². The Balaban J connectivity index is 1.66. The summed E-state index contributed by atoms with van der Waals surface area (Å²) in [6.45, 7) is 2.71. The fraction of sp³-hybridized carbons (Fsp3) is 0.417. The first kappa shape index (κ1) is 21.7. The maximum Gasteiger partial charge on any atom is 0.338 e. The van der Waals surface area contributed by atoms with E-state index in [2.05, 4.69) is 11.9 Å². The third-order valence-electron chi connectivity index (χ3n) is 4.59. The van der Waals surface area contributed by atoms with Crippen molar-refractivity contribution in [1.29, 1.82) is 0 Å². The van der Waals surface area contributed by atoms with Crippen molar-refractivity contribution < 1.29 is 14.6 Å². The second kappa shape index (κ2) is 12.7. The Hall–Kier alpha value is -2.62. The van der Waals surface area contributed by atoms with Crippen molar-refractivity contribution in [1.82, 2.24) is 0 Å². The van der Waals surface area contributed by atoms with Gasteiger partial charge in [0.1, 0.15) is 5.75 Å². The minimum atomic E-state index is -0.273. The van der Waals surface area contributed by atoms with Crippen LogP contribution in [-0.4, -0.2) is 23.9 Å². The molecule has 4 heteroatoms. The van der Waals surface area contributed by atoms with Gasteiger partial charge in [-0.1, -0.05) is 64.0 Å². The van der Waals surface area contributed by atoms with Gasteiger partial charge in [0, 0.05) is 6.21 Å². The molecule has 0 fully saturated rings. The van der Waals surface area contributed by atoms with E-state index >= 15 is 0 Å². The van der Waals surface area contributed by atoms with E-state index in [9.17, 15) is 9.90 Å². The van der Waals surface area contributed by atoms with Crippen molar-refractivity contribution in [2.24, 2.45) is 4.99 Å².